The molecular weight excluding hydrogens is 244 g/mol. The van der Waals surface area contributed by atoms with E-state index in [-0.39, 0.29) is 5.78 Å². The van der Waals surface area contributed by atoms with Crippen molar-refractivity contribution < 1.29 is 9.53 Å². The second-order valence-corrected chi connectivity index (χ2v) is 4.92. The Hall–Kier alpha value is -1.74. The van der Waals surface area contributed by atoms with Crippen molar-refractivity contribution in [2.75, 3.05) is 7.11 Å². The molecule has 0 amide bonds. The number of hydrogen-bond acceptors (Lipinski definition) is 3. The van der Waals surface area contributed by atoms with Gasteiger partial charge in [-0.05, 0) is 31.2 Å². The normalized spacial score (nSPS) is 10.1. The standard InChI is InChI=1S/C15H14O2S/c1-11(16)15-13(17-2)9-6-10-14(15)18-12-7-4-3-5-8-12/h3-10H,1-2H3. The summed E-state index contributed by atoms with van der Waals surface area (Å²) in [5, 5.41) is 0. The molecule has 92 valence electrons. The lowest BCUT2D eigenvalue weighted by Crippen LogP contribution is -1.99. The SMILES string of the molecule is COc1cccc(Sc2ccccc2)c1C(C)=O. The van der Waals surface area contributed by atoms with Gasteiger partial charge in [0.25, 0.3) is 0 Å². The van der Waals surface area contributed by atoms with Crippen LogP contribution >= 0.6 is 11.8 Å². The summed E-state index contributed by atoms with van der Waals surface area (Å²) in [5.74, 6) is 0.648. The minimum absolute atomic E-state index is 0.0193. The molecular formula is C15H14O2S. The topological polar surface area (TPSA) is 26.3 Å². The van der Waals surface area contributed by atoms with E-state index in [0.717, 1.165) is 9.79 Å². The number of ketones is 1. The fourth-order valence-corrected chi connectivity index (χ4v) is 2.77. The molecule has 2 rings (SSSR count). The zero-order valence-corrected chi connectivity index (χ0v) is 11.2. The molecule has 2 nitrogen and oxygen atoms in total. The van der Waals surface area contributed by atoms with Crippen molar-refractivity contribution in [3.63, 3.8) is 0 Å². The minimum atomic E-state index is 0.0193. The van der Waals surface area contributed by atoms with E-state index in [4.69, 9.17) is 4.74 Å². The van der Waals surface area contributed by atoms with Gasteiger partial charge in [0.05, 0.1) is 12.7 Å². The van der Waals surface area contributed by atoms with Gasteiger partial charge in [0.2, 0.25) is 0 Å². The molecule has 0 aliphatic carbocycles. The van der Waals surface area contributed by atoms with Crippen LogP contribution in [-0.2, 0) is 0 Å². The Kier molecular flexibility index (Phi) is 4.05. The Balaban J connectivity index is 2.42. The lowest BCUT2D eigenvalue weighted by atomic mass is 10.1. The van der Waals surface area contributed by atoms with Gasteiger partial charge in [-0.1, -0.05) is 36.0 Å². The van der Waals surface area contributed by atoms with E-state index in [1.165, 1.54) is 0 Å². The van der Waals surface area contributed by atoms with Crippen molar-refractivity contribution in [1.82, 2.24) is 0 Å². The molecule has 0 aromatic heterocycles. The van der Waals surface area contributed by atoms with Crippen molar-refractivity contribution >= 4 is 17.5 Å². The highest BCUT2D eigenvalue weighted by atomic mass is 32.2. The average Bonchev–Trinajstić information content (AvgIpc) is 2.39. The van der Waals surface area contributed by atoms with Crippen LogP contribution < -0.4 is 4.74 Å². The van der Waals surface area contributed by atoms with E-state index < -0.39 is 0 Å². The second-order valence-electron chi connectivity index (χ2n) is 3.80. The number of hydrogen-bond donors (Lipinski definition) is 0. The molecule has 0 spiro atoms. The van der Waals surface area contributed by atoms with Gasteiger partial charge in [0.15, 0.2) is 5.78 Å². The quantitative estimate of drug-likeness (QED) is 0.774. The molecule has 0 saturated carbocycles. The van der Waals surface area contributed by atoms with Gasteiger partial charge in [-0.3, -0.25) is 4.79 Å². The molecule has 0 aliphatic rings. The van der Waals surface area contributed by atoms with Gasteiger partial charge in [-0.25, -0.2) is 0 Å². The van der Waals surface area contributed by atoms with E-state index in [1.54, 1.807) is 25.8 Å². The maximum Gasteiger partial charge on any atom is 0.164 e. The van der Waals surface area contributed by atoms with Crippen molar-refractivity contribution in [2.45, 2.75) is 16.7 Å². The van der Waals surface area contributed by atoms with Gasteiger partial charge in [-0.15, -0.1) is 0 Å². The van der Waals surface area contributed by atoms with Crippen LogP contribution in [0.5, 0.6) is 5.75 Å². The van der Waals surface area contributed by atoms with Crippen LogP contribution in [0.3, 0.4) is 0 Å². The molecule has 3 heteroatoms. The Bertz CT molecular complexity index is 550. The first-order valence-electron chi connectivity index (χ1n) is 5.63. The number of carbonyl (C=O) groups is 1. The zero-order chi connectivity index (χ0) is 13.0. The van der Waals surface area contributed by atoms with Crippen LogP contribution in [0.15, 0.2) is 58.3 Å². The first-order valence-corrected chi connectivity index (χ1v) is 6.45. The highest BCUT2D eigenvalue weighted by Gasteiger charge is 2.14. The summed E-state index contributed by atoms with van der Waals surface area (Å²) < 4.78 is 5.25. The molecule has 0 saturated heterocycles. The van der Waals surface area contributed by atoms with Gasteiger partial charge in [0.1, 0.15) is 5.75 Å². The molecule has 0 atom stereocenters. The highest BCUT2D eigenvalue weighted by molar-refractivity contribution is 7.99. The van der Waals surface area contributed by atoms with E-state index in [0.29, 0.717) is 11.3 Å². The Labute approximate surface area is 111 Å². The van der Waals surface area contributed by atoms with Crippen molar-refractivity contribution in [3.05, 3.63) is 54.1 Å². The van der Waals surface area contributed by atoms with E-state index >= 15 is 0 Å². The molecule has 0 radical (unpaired) electrons. The zero-order valence-electron chi connectivity index (χ0n) is 10.3. The molecule has 0 unspecified atom stereocenters. The molecule has 0 fully saturated rings. The third-order valence-corrected chi connectivity index (χ3v) is 3.60. The third-order valence-electron chi connectivity index (χ3n) is 2.53. The lowest BCUT2D eigenvalue weighted by Gasteiger charge is -2.11. The minimum Gasteiger partial charge on any atom is -0.496 e. The first-order chi connectivity index (χ1) is 8.72. The van der Waals surface area contributed by atoms with Crippen molar-refractivity contribution in [3.8, 4) is 5.75 Å². The summed E-state index contributed by atoms with van der Waals surface area (Å²) in [5.41, 5.74) is 0.647. The maximum atomic E-state index is 11.7. The van der Waals surface area contributed by atoms with Gasteiger partial charge < -0.3 is 4.74 Å². The summed E-state index contributed by atoms with van der Waals surface area (Å²) in [4.78, 5) is 13.8. The largest absolute Gasteiger partial charge is 0.496 e. The highest BCUT2D eigenvalue weighted by Crippen LogP contribution is 2.34. The van der Waals surface area contributed by atoms with Crippen LogP contribution in [-0.4, -0.2) is 12.9 Å². The molecule has 2 aromatic rings. The summed E-state index contributed by atoms with van der Waals surface area (Å²) in [7, 11) is 1.58. The summed E-state index contributed by atoms with van der Waals surface area (Å²) in [6.45, 7) is 1.56. The molecule has 0 heterocycles. The van der Waals surface area contributed by atoms with Crippen LogP contribution in [0.25, 0.3) is 0 Å². The summed E-state index contributed by atoms with van der Waals surface area (Å²) in [6, 6.07) is 15.6. The Morgan fingerprint density at radius 2 is 1.78 bits per heavy atom. The van der Waals surface area contributed by atoms with Gasteiger partial charge in [0, 0.05) is 9.79 Å². The lowest BCUT2D eigenvalue weighted by molar-refractivity contribution is 0.101. The van der Waals surface area contributed by atoms with Crippen LogP contribution in [0.1, 0.15) is 17.3 Å². The maximum absolute atomic E-state index is 11.7. The number of benzene rings is 2. The molecule has 0 aliphatic heterocycles. The first kappa shape index (κ1) is 12.7. The van der Waals surface area contributed by atoms with E-state index in [1.807, 2.05) is 48.5 Å². The molecule has 0 bridgehead atoms. The van der Waals surface area contributed by atoms with Gasteiger partial charge >= 0.3 is 0 Å². The molecule has 18 heavy (non-hydrogen) atoms. The Morgan fingerprint density at radius 1 is 1.06 bits per heavy atom. The fraction of sp³-hybridized carbons (Fsp3) is 0.133. The van der Waals surface area contributed by atoms with Gasteiger partial charge in [-0.2, -0.15) is 0 Å². The number of ether oxygens (including phenoxy) is 1. The number of Topliss-reactive ketones (excluding diaryl/α,β-unsaturated/α-hetero) is 1. The van der Waals surface area contributed by atoms with Crippen molar-refractivity contribution in [2.24, 2.45) is 0 Å². The van der Waals surface area contributed by atoms with E-state index in [9.17, 15) is 4.79 Å². The third kappa shape index (κ3) is 2.74. The predicted molar refractivity (Wildman–Crippen MR) is 73.6 cm³/mol. The van der Waals surface area contributed by atoms with Crippen LogP contribution in [0.2, 0.25) is 0 Å². The average molecular weight is 258 g/mol. The monoisotopic (exact) mass is 258 g/mol. The molecule has 2 aromatic carbocycles. The number of carbonyl (C=O) groups excluding carboxylic acids is 1. The van der Waals surface area contributed by atoms with E-state index in [2.05, 4.69) is 0 Å². The van der Waals surface area contributed by atoms with Crippen molar-refractivity contribution in [1.29, 1.82) is 0 Å². The number of methoxy groups -OCH3 is 1. The van der Waals surface area contributed by atoms with Crippen LogP contribution in [0.4, 0.5) is 0 Å². The Morgan fingerprint density at radius 3 is 2.39 bits per heavy atom. The van der Waals surface area contributed by atoms with Crippen LogP contribution in [0, 0.1) is 0 Å². The fourth-order valence-electron chi connectivity index (χ4n) is 1.73. The number of rotatable bonds is 4. The smallest absolute Gasteiger partial charge is 0.164 e. The second kappa shape index (κ2) is 5.74. The predicted octanol–water partition coefficient (Wildman–Crippen LogP) is 4.05. The summed E-state index contributed by atoms with van der Waals surface area (Å²) >= 11 is 1.57. The summed E-state index contributed by atoms with van der Waals surface area (Å²) in [6.07, 6.45) is 0. The molecule has 0 N–H and O–H groups in total.